The lowest BCUT2D eigenvalue weighted by atomic mass is 10.0. The first-order valence-corrected chi connectivity index (χ1v) is 35.0. The Hall–Kier alpha value is -4.11. The Balaban J connectivity index is 4.15. The van der Waals surface area contributed by atoms with E-state index in [-0.39, 0.29) is 26.1 Å². The molecular formula is C74H124NO8P. The molecule has 0 N–H and O–H groups in total. The number of phosphoric ester groups is 1. The third kappa shape index (κ3) is 67.0. The second kappa shape index (κ2) is 63.4. The molecule has 0 fully saturated rings. The van der Waals surface area contributed by atoms with Gasteiger partial charge < -0.3 is 27.9 Å². The number of hydrogen-bond donors (Lipinski definition) is 0. The number of rotatable bonds is 60. The van der Waals surface area contributed by atoms with Crippen molar-refractivity contribution in [3.05, 3.63) is 146 Å². The lowest BCUT2D eigenvalue weighted by molar-refractivity contribution is -0.870. The molecule has 10 heteroatoms. The normalized spacial score (nSPS) is 14.1. The molecule has 0 aromatic heterocycles. The van der Waals surface area contributed by atoms with Crippen molar-refractivity contribution in [2.75, 3.05) is 47.5 Å². The maximum absolute atomic E-state index is 12.8. The monoisotopic (exact) mass is 1190 g/mol. The second-order valence-corrected chi connectivity index (χ2v) is 24.5. The largest absolute Gasteiger partial charge is 0.756 e. The van der Waals surface area contributed by atoms with E-state index in [9.17, 15) is 19.0 Å². The Morgan fingerprint density at radius 3 is 0.952 bits per heavy atom. The van der Waals surface area contributed by atoms with Gasteiger partial charge in [0.05, 0.1) is 27.7 Å². The number of carbonyl (C=O) groups is 2. The molecule has 0 heterocycles. The van der Waals surface area contributed by atoms with Gasteiger partial charge in [-0.2, -0.15) is 0 Å². The van der Waals surface area contributed by atoms with Crippen LogP contribution < -0.4 is 4.89 Å². The van der Waals surface area contributed by atoms with Crippen LogP contribution in [0.5, 0.6) is 0 Å². The minimum atomic E-state index is -4.66. The van der Waals surface area contributed by atoms with Crippen LogP contribution in [0.25, 0.3) is 0 Å². The molecule has 0 amide bonds. The summed E-state index contributed by atoms with van der Waals surface area (Å²) >= 11 is 0. The molecule has 0 saturated carbocycles. The van der Waals surface area contributed by atoms with Crippen molar-refractivity contribution in [2.45, 2.75) is 264 Å². The van der Waals surface area contributed by atoms with Gasteiger partial charge in [-0.15, -0.1) is 0 Å². The van der Waals surface area contributed by atoms with Crippen LogP contribution in [0, 0.1) is 0 Å². The summed E-state index contributed by atoms with van der Waals surface area (Å²) in [5.74, 6) is -0.866. The van der Waals surface area contributed by atoms with Crippen molar-refractivity contribution >= 4 is 19.8 Å². The van der Waals surface area contributed by atoms with Crippen LogP contribution in [-0.2, 0) is 32.7 Å². The minimum Gasteiger partial charge on any atom is -0.756 e. The highest BCUT2D eigenvalue weighted by Crippen LogP contribution is 2.38. The van der Waals surface area contributed by atoms with Crippen molar-refractivity contribution in [3.63, 3.8) is 0 Å². The van der Waals surface area contributed by atoms with Crippen molar-refractivity contribution in [1.29, 1.82) is 0 Å². The quantitative estimate of drug-likeness (QED) is 0.0195. The molecule has 84 heavy (non-hydrogen) atoms. The van der Waals surface area contributed by atoms with Crippen LogP contribution in [0.4, 0.5) is 0 Å². The summed E-state index contributed by atoms with van der Waals surface area (Å²) in [4.78, 5) is 38.0. The summed E-state index contributed by atoms with van der Waals surface area (Å²) in [6.07, 6.45) is 93.4. The summed E-state index contributed by atoms with van der Waals surface area (Å²) in [5, 5.41) is 0. The van der Waals surface area contributed by atoms with Crippen LogP contribution in [-0.4, -0.2) is 70.0 Å². The van der Waals surface area contributed by atoms with Crippen molar-refractivity contribution in [2.24, 2.45) is 0 Å². The Bertz CT molecular complexity index is 1930. The van der Waals surface area contributed by atoms with Crippen LogP contribution in [0.1, 0.15) is 258 Å². The zero-order chi connectivity index (χ0) is 61.2. The van der Waals surface area contributed by atoms with Crippen LogP contribution in [0.3, 0.4) is 0 Å². The number of carbonyl (C=O) groups excluding carboxylic acids is 2. The number of likely N-dealkylation sites (N-methyl/N-ethyl adjacent to an activating group) is 1. The fraction of sp³-hybridized carbons (Fsp3) is 0.649. The molecule has 2 unspecified atom stereocenters. The Labute approximate surface area is 516 Å². The van der Waals surface area contributed by atoms with Gasteiger partial charge in [-0.25, -0.2) is 0 Å². The van der Waals surface area contributed by atoms with E-state index < -0.39 is 32.5 Å². The SMILES string of the molecule is CC/C=C\C/C=C\C/C=C\C/C=C\C/C=C\C/C=C\C/C=C\C/C=C\CCCCCCC(=O)OC(COC(=O)CCCCCCCCCCCCCCCCCCCC/C=C\C/C=C\C/C=C\C/C=C\CC)COP(=O)([O-])OCC[N+](C)(C)C. The van der Waals surface area contributed by atoms with Crippen LogP contribution in [0.15, 0.2) is 146 Å². The maximum Gasteiger partial charge on any atom is 0.306 e. The standard InChI is InChI=1S/C74H124NO8P/c1-6-8-10-12-14-16-18-20-22-24-26-28-30-32-34-36-37-39-40-42-44-46-48-50-52-54-56-58-60-62-64-66-73(76)80-70-72(71-82-84(78,79)81-69-68-75(3,4)5)83-74(77)67-65-63-61-59-57-55-53-51-49-47-45-43-41-38-35-33-31-29-27-25-23-21-19-17-15-13-11-9-7-2/h8-11,14-17,20-23,26-29,33,35,41,43,47,49,53,55,72H,6-7,12-13,18-19,24-25,30-32,34,36-40,42,44-46,48,50-52,54,56-71H2,1-5H3/b10-8-,11-9-,16-14-,17-15-,22-20-,23-21-,28-26-,29-27-,35-33-,43-41-,49-47-,55-53-. The van der Waals surface area contributed by atoms with Gasteiger partial charge in [0, 0.05) is 12.8 Å². The average Bonchev–Trinajstić information content (AvgIpc) is 3.61. The number of nitrogens with zero attached hydrogens (tertiary/aromatic N) is 1. The number of ether oxygens (including phenoxy) is 2. The average molecular weight is 1190 g/mol. The van der Waals surface area contributed by atoms with E-state index in [0.717, 1.165) is 122 Å². The molecule has 2 atom stereocenters. The number of hydrogen-bond acceptors (Lipinski definition) is 8. The highest BCUT2D eigenvalue weighted by atomic mass is 31.2. The van der Waals surface area contributed by atoms with E-state index in [1.807, 2.05) is 21.1 Å². The Morgan fingerprint density at radius 1 is 0.369 bits per heavy atom. The third-order valence-electron chi connectivity index (χ3n) is 13.9. The first-order valence-electron chi connectivity index (χ1n) is 33.5. The molecule has 0 aromatic carbocycles. The van der Waals surface area contributed by atoms with Gasteiger partial charge in [-0.1, -0.05) is 275 Å². The molecule has 0 aliphatic carbocycles. The summed E-state index contributed by atoms with van der Waals surface area (Å²) < 4.78 is 34.2. The van der Waals surface area contributed by atoms with Gasteiger partial charge in [0.15, 0.2) is 6.10 Å². The number of allylic oxidation sites excluding steroid dienone is 24. The number of unbranched alkanes of at least 4 members (excludes halogenated alkanes) is 22. The lowest BCUT2D eigenvalue weighted by Gasteiger charge is -2.28. The van der Waals surface area contributed by atoms with Gasteiger partial charge in [0.1, 0.15) is 19.8 Å². The van der Waals surface area contributed by atoms with E-state index in [1.165, 1.54) is 103 Å². The van der Waals surface area contributed by atoms with Crippen LogP contribution in [0.2, 0.25) is 0 Å². The summed E-state index contributed by atoms with van der Waals surface area (Å²) in [6, 6.07) is 0. The zero-order valence-corrected chi connectivity index (χ0v) is 55.2. The third-order valence-corrected chi connectivity index (χ3v) is 14.8. The number of quaternary nitrogens is 1. The van der Waals surface area contributed by atoms with Gasteiger partial charge in [-0.3, -0.25) is 14.2 Å². The summed E-state index contributed by atoms with van der Waals surface area (Å²) in [7, 11) is 1.13. The molecule has 0 aromatic rings. The molecule has 9 nitrogen and oxygen atoms in total. The van der Waals surface area contributed by atoms with Gasteiger partial charge in [0.2, 0.25) is 0 Å². The highest BCUT2D eigenvalue weighted by Gasteiger charge is 2.22. The second-order valence-electron chi connectivity index (χ2n) is 23.1. The smallest absolute Gasteiger partial charge is 0.306 e. The van der Waals surface area contributed by atoms with Gasteiger partial charge in [-0.05, 0) is 116 Å². The predicted molar refractivity (Wildman–Crippen MR) is 360 cm³/mol. The Morgan fingerprint density at radius 2 is 0.643 bits per heavy atom. The molecular weight excluding hydrogens is 1060 g/mol. The van der Waals surface area contributed by atoms with E-state index in [1.54, 1.807) is 0 Å². The first kappa shape index (κ1) is 79.9. The van der Waals surface area contributed by atoms with E-state index >= 15 is 0 Å². The topological polar surface area (TPSA) is 111 Å². The van der Waals surface area contributed by atoms with Crippen molar-refractivity contribution in [1.82, 2.24) is 0 Å². The number of esters is 2. The van der Waals surface area contributed by atoms with E-state index in [2.05, 4.69) is 160 Å². The highest BCUT2D eigenvalue weighted by molar-refractivity contribution is 7.45. The molecule has 0 rings (SSSR count). The molecule has 478 valence electrons. The molecule has 0 bridgehead atoms. The number of phosphoric acid groups is 1. The van der Waals surface area contributed by atoms with E-state index in [4.69, 9.17) is 18.5 Å². The van der Waals surface area contributed by atoms with Gasteiger partial charge in [0.25, 0.3) is 7.82 Å². The molecule has 0 aliphatic heterocycles. The minimum absolute atomic E-state index is 0.0430. The Kier molecular flexibility index (Phi) is 60.3. The van der Waals surface area contributed by atoms with Gasteiger partial charge >= 0.3 is 11.9 Å². The van der Waals surface area contributed by atoms with Crippen molar-refractivity contribution in [3.8, 4) is 0 Å². The van der Waals surface area contributed by atoms with E-state index in [0.29, 0.717) is 17.4 Å². The summed E-state index contributed by atoms with van der Waals surface area (Å²) in [6.45, 7) is 3.98. The first-order chi connectivity index (χ1) is 41.0. The summed E-state index contributed by atoms with van der Waals surface area (Å²) in [5.41, 5.74) is 0. The lowest BCUT2D eigenvalue weighted by Crippen LogP contribution is -2.37. The molecule has 0 radical (unpaired) electrons. The fourth-order valence-electron chi connectivity index (χ4n) is 8.78. The van der Waals surface area contributed by atoms with Crippen molar-refractivity contribution < 1.29 is 42.1 Å². The maximum atomic E-state index is 12.8. The predicted octanol–water partition coefficient (Wildman–Crippen LogP) is 21.2. The fourth-order valence-corrected chi connectivity index (χ4v) is 9.51. The zero-order valence-electron chi connectivity index (χ0n) is 54.3. The molecule has 0 spiro atoms. The molecule has 0 saturated heterocycles. The van der Waals surface area contributed by atoms with Crippen LogP contribution >= 0.6 is 7.82 Å². The molecule has 0 aliphatic rings.